The Kier molecular flexibility index (Phi) is 2.16. The molecule has 0 radical (unpaired) electrons. The van der Waals surface area contributed by atoms with Crippen LogP contribution >= 0.6 is 0 Å². The van der Waals surface area contributed by atoms with Crippen LogP contribution in [0.5, 0.6) is 0 Å². The highest BCUT2D eigenvalue weighted by atomic mass is 16.4. The van der Waals surface area contributed by atoms with Crippen LogP contribution in [0, 0.1) is 6.92 Å². The predicted molar refractivity (Wildman–Crippen MR) is 61.2 cm³/mol. The fourth-order valence-electron chi connectivity index (χ4n) is 1.66. The fraction of sp³-hybridized carbons (Fsp3) is 0.0833. The summed E-state index contributed by atoms with van der Waals surface area (Å²) < 4.78 is 10.6. The van der Waals surface area contributed by atoms with Gasteiger partial charge in [-0.1, -0.05) is 0 Å². The molecule has 6 heteroatoms. The van der Waals surface area contributed by atoms with Crippen LogP contribution in [0.25, 0.3) is 22.8 Å². The molecule has 0 atom stereocenters. The Morgan fingerprint density at radius 1 is 1.39 bits per heavy atom. The molecule has 0 saturated heterocycles. The van der Waals surface area contributed by atoms with Crippen molar-refractivity contribution in [1.82, 2.24) is 9.97 Å². The van der Waals surface area contributed by atoms with E-state index in [2.05, 4.69) is 9.97 Å². The zero-order valence-corrected chi connectivity index (χ0v) is 9.38. The summed E-state index contributed by atoms with van der Waals surface area (Å²) in [5, 5.41) is 8.89. The van der Waals surface area contributed by atoms with Gasteiger partial charge in [0.15, 0.2) is 12.0 Å². The van der Waals surface area contributed by atoms with Crippen LogP contribution in [0.2, 0.25) is 0 Å². The van der Waals surface area contributed by atoms with Crippen LogP contribution in [0.3, 0.4) is 0 Å². The summed E-state index contributed by atoms with van der Waals surface area (Å²) in [4.78, 5) is 19.0. The van der Waals surface area contributed by atoms with Gasteiger partial charge in [0.2, 0.25) is 5.76 Å². The zero-order chi connectivity index (χ0) is 12.7. The van der Waals surface area contributed by atoms with Crippen LogP contribution in [-0.2, 0) is 0 Å². The first-order valence-electron chi connectivity index (χ1n) is 5.19. The molecular formula is C12H8N2O4. The number of carbonyl (C=O) groups is 1. The lowest BCUT2D eigenvalue weighted by Crippen LogP contribution is -1.94. The number of aromatic nitrogens is 2. The van der Waals surface area contributed by atoms with Gasteiger partial charge in [-0.2, -0.15) is 0 Å². The van der Waals surface area contributed by atoms with E-state index in [4.69, 9.17) is 13.9 Å². The van der Waals surface area contributed by atoms with Gasteiger partial charge in [-0.15, -0.1) is 0 Å². The molecule has 18 heavy (non-hydrogen) atoms. The van der Waals surface area contributed by atoms with Gasteiger partial charge < -0.3 is 13.9 Å². The highest BCUT2D eigenvalue weighted by molar-refractivity contribution is 5.92. The number of benzene rings is 1. The normalized spacial score (nSPS) is 10.9. The van der Waals surface area contributed by atoms with E-state index in [9.17, 15) is 4.79 Å². The Bertz CT molecular complexity index is 741. The lowest BCUT2D eigenvalue weighted by molar-refractivity contribution is 0.0697. The van der Waals surface area contributed by atoms with Crippen LogP contribution in [0.4, 0.5) is 0 Å². The summed E-state index contributed by atoms with van der Waals surface area (Å²) in [6, 6.07) is 4.50. The van der Waals surface area contributed by atoms with Crippen molar-refractivity contribution in [2.24, 2.45) is 0 Å². The Labute approximate surface area is 101 Å². The molecule has 0 spiro atoms. The largest absolute Gasteiger partial charge is 0.478 e. The first-order chi connectivity index (χ1) is 8.65. The molecule has 0 aliphatic rings. The third-order valence-electron chi connectivity index (χ3n) is 2.58. The van der Waals surface area contributed by atoms with Crippen molar-refractivity contribution >= 4 is 17.1 Å². The number of carboxylic acids is 1. The molecule has 0 amide bonds. The summed E-state index contributed by atoms with van der Waals surface area (Å²) in [7, 11) is 0. The fourth-order valence-corrected chi connectivity index (χ4v) is 1.66. The van der Waals surface area contributed by atoms with Gasteiger partial charge in [-0.3, -0.25) is 0 Å². The van der Waals surface area contributed by atoms with E-state index in [0.29, 0.717) is 28.4 Å². The van der Waals surface area contributed by atoms with Crippen molar-refractivity contribution in [3.63, 3.8) is 0 Å². The quantitative estimate of drug-likeness (QED) is 0.744. The summed E-state index contributed by atoms with van der Waals surface area (Å²) >= 11 is 0. The Balaban J connectivity index is 2.17. The minimum atomic E-state index is -1.01. The number of fused-ring (bicyclic) bond motifs is 1. The van der Waals surface area contributed by atoms with Gasteiger partial charge in [0.25, 0.3) is 5.89 Å². The second kappa shape index (κ2) is 3.69. The summed E-state index contributed by atoms with van der Waals surface area (Å²) in [6.07, 6.45) is 1.31. The maximum Gasteiger partial charge on any atom is 0.335 e. The highest BCUT2D eigenvalue weighted by Crippen LogP contribution is 2.26. The summed E-state index contributed by atoms with van der Waals surface area (Å²) in [6.45, 7) is 1.77. The van der Waals surface area contributed by atoms with Crippen LogP contribution < -0.4 is 0 Å². The van der Waals surface area contributed by atoms with E-state index in [0.717, 1.165) is 0 Å². The van der Waals surface area contributed by atoms with Crippen LogP contribution in [-0.4, -0.2) is 21.0 Å². The van der Waals surface area contributed by atoms with Crippen molar-refractivity contribution in [2.45, 2.75) is 6.92 Å². The third kappa shape index (κ3) is 1.55. The molecule has 0 fully saturated rings. The number of aryl methyl sites for hydroxylation is 1. The minimum absolute atomic E-state index is 0.152. The van der Waals surface area contributed by atoms with Gasteiger partial charge in [0.05, 0.1) is 11.3 Å². The zero-order valence-electron chi connectivity index (χ0n) is 9.38. The van der Waals surface area contributed by atoms with E-state index in [-0.39, 0.29) is 5.56 Å². The number of nitrogens with zero attached hydrogens (tertiary/aromatic N) is 2. The Morgan fingerprint density at radius 2 is 2.22 bits per heavy atom. The van der Waals surface area contributed by atoms with Crippen molar-refractivity contribution in [3.8, 4) is 11.7 Å². The molecule has 1 aromatic carbocycles. The van der Waals surface area contributed by atoms with Gasteiger partial charge in [0, 0.05) is 0 Å². The van der Waals surface area contributed by atoms with Crippen LogP contribution in [0.1, 0.15) is 16.1 Å². The van der Waals surface area contributed by atoms with Gasteiger partial charge >= 0.3 is 5.97 Å². The Morgan fingerprint density at radius 3 is 2.89 bits per heavy atom. The smallest absolute Gasteiger partial charge is 0.335 e. The van der Waals surface area contributed by atoms with E-state index in [1.54, 1.807) is 13.0 Å². The second-order valence-corrected chi connectivity index (χ2v) is 3.77. The molecule has 0 aliphatic heterocycles. The molecule has 0 unspecified atom stereocenters. The number of aromatic carboxylic acids is 1. The van der Waals surface area contributed by atoms with Crippen molar-refractivity contribution in [3.05, 3.63) is 35.9 Å². The van der Waals surface area contributed by atoms with Crippen molar-refractivity contribution in [2.75, 3.05) is 0 Å². The van der Waals surface area contributed by atoms with Crippen molar-refractivity contribution in [1.29, 1.82) is 0 Å². The molecule has 6 nitrogen and oxygen atoms in total. The number of rotatable bonds is 2. The standard InChI is InChI=1S/C12H8N2O4/c1-6-10(17-5-13-6)11-14-8-3-2-7(12(15)16)4-9(8)18-11/h2-5H,1H3,(H,15,16). The predicted octanol–water partition coefficient (Wildman–Crippen LogP) is 2.49. The van der Waals surface area contributed by atoms with Gasteiger partial charge in [-0.05, 0) is 25.1 Å². The van der Waals surface area contributed by atoms with Crippen LogP contribution in [0.15, 0.2) is 33.4 Å². The second-order valence-electron chi connectivity index (χ2n) is 3.77. The molecule has 90 valence electrons. The topological polar surface area (TPSA) is 89.4 Å². The number of carboxylic acid groups (broad SMARTS) is 1. The minimum Gasteiger partial charge on any atom is -0.478 e. The van der Waals surface area contributed by atoms with E-state index in [1.165, 1.54) is 18.5 Å². The number of hydrogen-bond donors (Lipinski definition) is 1. The van der Waals surface area contributed by atoms with Gasteiger partial charge in [0.1, 0.15) is 5.52 Å². The monoisotopic (exact) mass is 244 g/mol. The molecule has 1 N–H and O–H groups in total. The van der Waals surface area contributed by atoms with Gasteiger partial charge in [-0.25, -0.2) is 14.8 Å². The van der Waals surface area contributed by atoms with E-state index >= 15 is 0 Å². The first-order valence-corrected chi connectivity index (χ1v) is 5.19. The summed E-state index contributed by atoms with van der Waals surface area (Å²) in [5.74, 6) is -0.267. The molecule has 0 aliphatic carbocycles. The lowest BCUT2D eigenvalue weighted by atomic mass is 10.2. The SMILES string of the molecule is Cc1ncoc1-c1nc2ccc(C(=O)O)cc2o1. The molecule has 0 saturated carbocycles. The highest BCUT2D eigenvalue weighted by Gasteiger charge is 2.15. The third-order valence-corrected chi connectivity index (χ3v) is 2.58. The molecule has 0 bridgehead atoms. The van der Waals surface area contributed by atoms with E-state index < -0.39 is 5.97 Å². The Hall–Kier alpha value is -2.63. The molecule has 2 aromatic heterocycles. The molecule has 2 heterocycles. The average molecular weight is 244 g/mol. The number of oxazole rings is 2. The maximum absolute atomic E-state index is 10.8. The van der Waals surface area contributed by atoms with Crippen molar-refractivity contribution < 1.29 is 18.7 Å². The molecular weight excluding hydrogens is 236 g/mol. The average Bonchev–Trinajstić information content (AvgIpc) is 2.92. The molecule has 3 aromatic rings. The molecule has 3 rings (SSSR count). The van der Waals surface area contributed by atoms with E-state index in [1.807, 2.05) is 0 Å². The number of hydrogen-bond acceptors (Lipinski definition) is 5. The first kappa shape index (κ1) is 10.5. The summed E-state index contributed by atoms with van der Waals surface area (Å²) in [5.41, 5.74) is 1.80. The lowest BCUT2D eigenvalue weighted by Gasteiger charge is -1.91. The maximum atomic E-state index is 10.8.